The molecule has 0 spiro atoms. The first kappa shape index (κ1) is 10.1. The minimum Gasteiger partial charge on any atom is -0.354 e. The molecule has 1 unspecified atom stereocenters. The van der Waals surface area contributed by atoms with Gasteiger partial charge in [-0.3, -0.25) is 4.79 Å². The molecule has 0 bridgehead atoms. The van der Waals surface area contributed by atoms with Crippen LogP contribution in [-0.2, 0) is 11.2 Å². The second kappa shape index (κ2) is 4.94. The Labute approximate surface area is 81.2 Å². The van der Waals surface area contributed by atoms with Crippen molar-refractivity contribution >= 4 is 17.2 Å². The van der Waals surface area contributed by atoms with Gasteiger partial charge in [0.25, 0.3) is 0 Å². The van der Waals surface area contributed by atoms with Gasteiger partial charge in [0.2, 0.25) is 5.91 Å². The van der Waals surface area contributed by atoms with Gasteiger partial charge < -0.3 is 11.1 Å². The number of carbonyl (C=O) groups excluding carboxylic acids is 1. The van der Waals surface area contributed by atoms with Crippen molar-refractivity contribution in [3.8, 4) is 0 Å². The van der Waals surface area contributed by atoms with Crippen LogP contribution in [0.25, 0.3) is 0 Å². The van der Waals surface area contributed by atoms with Gasteiger partial charge in [-0.05, 0) is 6.92 Å². The van der Waals surface area contributed by atoms with Crippen LogP contribution in [-0.4, -0.2) is 23.5 Å². The fourth-order valence-electron chi connectivity index (χ4n) is 0.827. The monoisotopic (exact) mass is 199 g/mol. The van der Waals surface area contributed by atoms with Gasteiger partial charge in [0.05, 0.1) is 17.6 Å². The van der Waals surface area contributed by atoms with Crippen molar-refractivity contribution in [2.24, 2.45) is 5.73 Å². The van der Waals surface area contributed by atoms with E-state index in [0.717, 1.165) is 5.69 Å². The van der Waals surface area contributed by atoms with E-state index in [1.807, 2.05) is 12.3 Å². The van der Waals surface area contributed by atoms with Crippen LogP contribution >= 0.6 is 11.3 Å². The van der Waals surface area contributed by atoms with Gasteiger partial charge in [0.1, 0.15) is 0 Å². The van der Waals surface area contributed by atoms with Gasteiger partial charge in [0, 0.05) is 18.0 Å². The number of hydrogen-bond acceptors (Lipinski definition) is 4. The first-order chi connectivity index (χ1) is 6.18. The molecule has 0 aliphatic heterocycles. The Kier molecular flexibility index (Phi) is 3.85. The standard InChI is InChI=1S/C8H13N3OS/c1-6(9)3-10-8(12)2-7-4-13-5-11-7/h4-6H,2-3,9H2,1H3,(H,10,12). The molecule has 3 N–H and O–H groups in total. The summed E-state index contributed by atoms with van der Waals surface area (Å²) in [5, 5.41) is 4.59. The molecule has 0 radical (unpaired) electrons. The number of nitrogens with two attached hydrogens (primary N) is 1. The van der Waals surface area contributed by atoms with E-state index < -0.39 is 0 Å². The topological polar surface area (TPSA) is 68.0 Å². The van der Waals surface area contributed by atoms with E-state index in [4.69, 9.17) is 5.73 Å². The largest absolute Gasteiger partial charge is 0.354 e. The van der Waals surface area contributed by atoms with Gasteiger partial charge in [-0.1, -0.05) is 0 Å². The summed E-state index contributed by atoms with van der Waals surface area (Å²) in [7, 11) is 0. The molecule has 72 valence electrons. The summed E-state index contributed by atoms with van der Waals surface area (Å²) < 4.78 is 0. The molecular formula is C8H13N3OS. The number of thiazole rings is 1. The molecule has 13 heavy (non-hydrogen) atoms. The zero-order valence-corrected chi connectivity index (χ0v) is 8.30. The SMILES string of the molecule is CC(N)CNC(=O)Cc1cscn1. The van der Waals surface area contributed by atoms with Crippen LogP contribution in [0.1, 0.15) is 12.6 Å². The normalized spacial score (nSPS) is 12.5. The molecule has 4 nitrogen and oxygen atoms in total. The lowest BCUT2D eigenvalue weighted by Gasteiger charge is -2.06. The maximum Gasteiger partial charge on any atom is 0.226 e. The van der Waals surface area contributed by atoms with Crippen molar-refractivity contribution in [3.63, 3.8) is 0 Å². The quantitative estimate of drug-likeness (QED) is 0.725. The van der Waals surface area contributed by atoms with Crippen molar-refractivity contribution < 1.29 is 4.79 Å². The lowest BCUT2D eigenvalue weighted by atomic mass is 10.3. The summed E-state index contributed by atoms with van der Waals surface area (Å²) in [4.78, 5) is 15.2. The lowest BCUT2D eigenvalue weighted by molar-refractivity contribution is -0.120. The molecule has 1 rings (SSSR count). The number of amides is 1. The highest BCUT2D eigenvalue weighted by atomic mass is 32.1. The highest BCUT2D eigenvalue weighted by Gasteiger charge is 2.04. The van der Waals surface area contributed by atoms with Gasteiger partial charge in [-0.15, -0.1) is 11.3 Å². The summed E-state index contributed by atoms with van der Waals surface area (Å²) in [6.07, 6.45) is 0.343. The molecule has 0 aliphatic carbocycles. The molecule has 1 atom stereocenters. The molecule has 0 fully saturated rings. The summed E-state index contributed by atoms with van der Waals surface area (Å²) in [6.45, 7) is 2.37. The summed E-state index contributed by atoms with van der Waals surface area (Å²) in [6, 6.07) is -0.000570. The van der Waals surface area contributed by atoms with Crippen LogP contribution < -0.4 is 11.1 Å². The number of nitrogens with zero attached hydrogens (tertiary/aromatic N) is 1. The van der Waals surface area contributed by atoms with E-state index >= 15 is 0 Å². The maximum absolute atomic E-state index is 11.2. The average Bonchev–Trinajstić information content (AvgIpc) is 2.53. The maximum atomic E-state index is 11.2. The van der Waals surface area contributed by atoms with Crippen LogP contribution in [0.15, 0.2) is 10.9 Å². The summed E-state index contributed by atoms with van der Waals surface area (Å²) in [5.41, 5.74) is 8.01. The minimum atomic E-state index is -0.0248. The number of aromatic nitrogens is 1. The Hall–Kier alpha value is -0.940. The highest BCUT2D eigenvalue weighted by molar-refractivity contribution is 7.07. The Morgan fingerprint density at radius 3 is 3.15 bits per heavy atom. The van der Waals surface area contributed by atoms with E-state index in [9.17, 15) is 4.79 Å². The Bertz CT molecular complexity index is 258. The molecule has 1 amide bonds. The van der Waals surface area contributed by atoms with Crippen LogP contribution in [0.5, 0.6) is 0 Å². The van der Waals surface area contributed by atoms with E-state index in [-0.39, 0.29) is 11.9 Å². The Morgan fingerprint density at radius 2 is 2.62 bits per heavy atom. The molecule has 0 aliphatic rings. The fourth-order valence-corrected chi connectivity index (χ4v) is 1.39. The van der Waals surface area contributed by atoms with Crippen molar-refractivity contribution in [1.82, 2.24) is 10.3 Å². The summed E-state index contributed by atoms with van der Waals surface area (Å²) in [5.74, 6) is -0.0248. The number of nitrogens with one attached hydrogen (secondary N) is 1. The molecular weight excluding hydrogens is 186 g/mol. The minimum absolute atomic E-state index is 0.000570. The van der Waals surface area contributed by atoms with Crippen molar-refractivity contribution in [2.75, 3.05) is 6.54 Å². The Morgan fingerprint density at radius 1 is 1.85 bits per heavy atom. The zero-order valence-electron chi connectivity index (χ0n) is 7.49. The first-order valence-electron chi connectivity index (χ1n) is 4.08. The predicted octanol–water partition coefficient (Wildman–Crippen LogP) is 0.149. The third-order valence-electron chi connectivity index (χ3n) is 1.45. The van der Waals surface area contributed by atoms with Gasteiger partial charge in [-0.25, -0.2) is 4.98 Å². The molecule has 1 heterocycles. The second-order valence-electron chi connectivity index (χ2n) is 2.94. The molecule has 5 heteroatoms. The first-order valence-corrected chi connectivity index (χ1v) is 5.02. The fraction of sp³-hybridized carbons (Fsp3) is 0.500. The lowest BCUT2D eigenvalue weighted by Crippen LogP contribution is -2.35. The van der Waals surface area contributed by atoms with Gasteiger partial charge >= 0.3 is 0 Å². The van der Waals surface area contributed by atoms with E-state index in [0.29, 0.717) is 13.0 Å². The van der Waals surface area contributed by atoms with Gasteiger partial charge in [-0.2, -0.15) is 0 Å². The third kappa shape index (κ3) is 4.00. The second-order valence-corrected chi connectivity index (χ2v) is 3.66. The van der Waals surface area contributed by atoms with Crippen LogP contribution in [0.2, 0.25) is 0 Å². The summed E-state index contributed by atoms with van der Waals surface area (Å²) >= 11 is 1.49. The predicted molar refractivity (Wildman–Crippen MR) is 52.5 cm³/mol. The number of carbonyl (C=O) groups is 1. The molecule has 1 aromatic rings. The third-order valence-corrected chi connectivity index (χ3v) is 2.08. The van der Waals surface area contributed by atoms with Crippen molar-refractivity contribution in [3.05, 3.63) is 16.6 Å². The van der Waals surface area contributed by atoms with E-state index in [1.165, 1.54) is 11.3 Å². The molecule has 0 aromatic carbocycles. The molecule has 0 saturated heterocycles. The smallest absolute Gasteiger partial charge is 0.226 e. The molecule has 1 aromatic heterocycles. The molecule has 0 saturated carbocycles. The number of rotatable bonds is 4. The van der Waals surface area contributed by atoms with Crippen LogP contribution in [0.3, 0.4) is 0 Å². The number of hydrogen-bond donors (Lipinski definition) is 2. The van der Waals surface area contributed by atoms with Crippen molar-refractivity contribution in [2.45, 2.75) is 19.4 Å². The van der Waals surface area contributed by atoms with Gasteiger partial charge in [0.15, 0.2) is 0 Å². The highest BCUT2D eigenvalue weighted by Crippen LogP contribution is 2.00. The van der Waals surface area contributed by atoms with Crippen LogP contribution in [0.4, 0.5) is 0 Å². The Balaban J connectivity index is 2.26. The van der Waals surface area contributed by atoms with Crippen LogP contribution in [0, 0.1) is 0 Å². The van der Waals surface area contributed by atoms with E-state index in [2.05, 4.69) is 10.3 Å². The average molecular weight is 199 g/mol. The van der Waals surface area contributed by atoms with Crippen molar-refractivity contribution in [1.29, 1.82) is 0 Å². The zero-order chi connectivity index (χ0) is 9.68. The van der Waals surface area contributed by atoms with E-state index in [1.54, 1.807) is 5.51 Å².